The van der Waals surface area contributed by atoms with Crippen LogP contribution >= 0.6 is 0 Å². The van der Waals surface area contributed by atoms with Gasteiger partial charge in [-0.05, 0) is 120 Å². The van der Waals surface area contributed by atoms with Crippen LogP contribution in [0, 0.1) is 27.7 Å². The molecule has 1 heteroatoms. The molecule has 1 heterocycles. The maximum absolute atomic E-state index is 5.69. The van der Waals surface area contributed by atoms with Crippen molar-refractivity contribution in [3.8, 4) is 22.3 Å². The van der Waals surface area contributed by atoms with Crippen molar-refractivity contribution in [2.24, 2.45) is 0 Å². The summed E-state index contributed by atoms with van der Waals surface area (Å²) in [6, 6.07) is 48.4. The minimum absolute atomic E-state index is 0.0105. The smallest absolute Gasteiger partial charge is 0.135 e. The van der Waals surface area contributed by atoms with E-state index >= 15 is 0 Å². The molecule has 0 atom stereocenters. The molecular formula is C52H48O. The zero-order valence-corrected chi connectivity index (χ0v) is 32.0. The Hall–Kier alpha value is -5.92. The molecule has 7 aromatic carbocycles. The fraction of sp³-hybridized carbons (Fsp3) is 0.154. The first-order valence-electron chi connectivity index (χ1n) is 18.6. The number of fused-ring (bicyclic) bond motifs is 7. The number of hydrogen-bond acceptors (Lipinski definition) is 1. The van der Waals surface area contributed by atoms with Gasteiger partial charge >= 0.3 is 0 Å². The minimum atomic E-state index is -0.0105. The normalized spacial score (nSPS) is 12.6. The van der Waals surface area contributed by atoms with Gasteiger partial charge in [0, 0.05) is 16.4 Å². The number of aryl methyl sites for hydroxylation is 4. The van der Waals surface area contributed by atoms with Gasteiger partial charge < -0.3 is 4.42 Å². The number of furan rings is 1. The number of rotatable bonds is 3. The molecule has 0 saturated heterocycles. The zero-order valence-electron chi connectivity index (χ0n) is 32.0. The molecule has 0 aliphatic heterocycles. The Labute approximate surface area is 315 Å². The van der Waals surface area contributed by atoms with E-state index < -0.39 is 0 Å². The third-order valence-electron chi connectivity index (χ3n) is 10.5. The highest BCUT2D eigenvalue weighted by atomic mass is 16.3. The van der Waals surface area contributed by atoms with Gasteiger partial charge in [-0.15, -0.1) is 0 Å². The largest absolute Gasteiger partial charge is 0.456 e. The summed E-state index contributed by atoms with van der Waals surface area (Å²) < 4.78 is 5.69. The summed E-state index contributed by atoms with van der Waals surface area (Å²) in [4.78, 5) is 0. The van der Waals surface area contributed by atoms with Crippen LogP contribution in [0.2, 0.25) is 0 Å². The fourth-order valence-corrected chi connectivity index (χ4v) is 7.74. The van der Waals surface area contributed by atoms with E-state index in [1.807, 2.05) is 37.3 Å². The Kier molecular flexibility index (Phi) is 9.78. The van der Waals surface area contributed by atoms with Crippen LogP contribution in [0.1, 0.15) is 65.5 Å². The lowest BCUT2D eigenvalue weighted by Crippen LogP contribution is -2.15. The molecule has 1 nitrogen and oxygen atoms in total. The molecule has 1 aliphatic carbocycles. The van der Waals surface area contributed by atoms with Crippen LogP contribution < -0.4 is 0 Å². The average molecular weight is 689 g/mol. The maximum Gasteiger partial charge on any atom is 0.135 e. The van der Waals surface area contributed by atoms with Crippen molar-refractivity contribution in [2.75, 3.05) is 0 Å². The molecule has 53 heavy (non-hydrogen) atoms. The first kappa shape index (κ1) is 35.5. The summed E-state index contributed by atoms with van der Waals surface area (Å²) in [6.45, 7) is 19.0. The topological polar surface area (TPSA) is 13.1 Å². The highest BCUT2D eigenvalue weighted by molar-refractivity contribution is 6.09. The first-order valence-corrected chi connectivity index (χ1v) is 18.6. The average Bonchev–Trinajstić information content (AvgIpc) is 3.62. The molecule has 9 rings (SSSR count). The van der Waals surface area contributed by atoms with Gasteiger partial charge in [-0.3, -0.25) is 0 Å². The van der Waals surface area contributed by atoms with E-state index in [0.717, 1.165) is 22.3 Å². The van der Waals surface area contributed by atoms with E-state index in [2.05, 4.69) is 163 Å². The molecule has 0 fully saturated rings. The highest BCUT2D eigenvalue weighted by Crippen LogP contribution is 2.53. The van der Waals surface area contributed by atoms with Gasteiger partial charge in [0.25, 0.3) is 0 Å². The lowest BCUT2D eigenvalue weighted by molar-refractivity contribution is 0.603. The lowest BCUT2D eigenvalue weighted by Gasteiger charge is -2.23. The molecule has 0 amide bonds. The van der Waals surface area contributed by atoms with Crippen molar-refractivity contribution in [2.45, 2.75) is 53.9 Å². The summed E-state index contributed by atoms with van der Waals surface area (Å²) in [6.07, 6.45) is 5.83. The van der Waals surface area contributed by atoms with Gasteiger partial charge in [-0.1, -0.05) is 164 Å². The molecular weight excluding hydrogens is 641 g/mol. The summed E-state index contributed by atoms with van der Waals surface area (Å²) in [5.41, 5.74) is 15.5. The Balaban J connectivity index is 0.000000163. The summed E-state index contributed by atoms with van der Waals surface area (Å²) in [5.74, 6) is 0.841. The lowest BCUT2D eigenvalue weighted by atomic mass is 9.80. The summed E-state index contributed by atoms with van der Waals surface area (Å²) >= 11 is 0. The molecule has 262 valence electrons. The predicted molar refractivity (Wildman–Crippen MR) is 231 cm³/mol. The van der Waals surface area contributed by atoms with Crippen LogP contribution in [-0.2, 0) is 5.41 Å². The van der Waals surface area contributed by atoms with Gasteiger partial charge in [0.1, 0.15) is 11.3 Å². The molecule has 0 bridgehead atoms. The van der Waals surface area contributed by atoms with Gasteiger partial charge in [0.05, 0.1) is 0 Å². The third-order valence-corrected chi connectivity index (χ3v) is 10.5. The van der Waals surface area contributed by atoms with E-state index in [0.29, 0.717) is 0 Å². The van der Waals surface area contributed by atoms with Crippen molar-refractivity contribution in [1.29, 1.82) is 0 Å². The fourth-order valence-electron chi connectivity index (χ4n) is 7.74. The molecule has 1 aromatic heterocycles. The van der Waals surface area contributed by atoms with Crippen molar-refractivity contribution >= 4 is 44.7 Å². The molecule has 0 N–H and O–H groups in total. The maximum atomic E-state index is 5.69. The summed E-state index contributed by atoms with van der Waals surface area (Å²) in [5, 5.41) is 6.44. The second-order valence-electron chi connectivity index (χ2n) is 14.9. The summed E-state index contributed by atoms with van der Waals surface area (Å²) in [7, 11) is 0. The van der Waals surface area contributed by atoms with Crippen LogP contribution in [0.3, 0.4) is 0 Å². The van der Waals surface area contributed by atoms with Gasteiger partial charge in [0.15, 0.2) is 0 Å². The van der Waals surface area contributed by atoms with Crippen LogP contribution in [0.5, 0.6) is 0 Å². The van der Waals surface area contributed by atoms with E-state index in [4.69, 9.17) is 4.42 Å². The second kappa shape index (κ2) is 14.6. The molecule has 0 saturated carbocycles. The van der Waals surface area contributed by atoms with Crippen molar-refractivity contribution < 1.29 is 4.42 Å². The second-order valence-corrected chi connectivity index (χ2v) is 14.9. The zero-order chi connectivity index (χ0) is 37.3. The van der Waals surface area contributed by atoms with Crippen LogP contribution in [0.4, 0.5) is 0 Å². The molecule has 1 aliphatic rings. The number of benzene rings is 7. The molecule has 0 unspecified atom stereocenters. The standard InChI is InChI=1S/C31H26.C14H14O.C7H8/c1-19-9-11-22-17-23(13-12-21(22)15-19)27-18-29-30(25-8-6-5-7-24(25)27)26-14-10-20(2)16-28(26)31(29,3)4;1-4-6-11-12-9-10(3)7-8-14(12)15-13(11)5-2;1-7-5-3-2-4-6-7/h5-18H,1-4H3;4-9H,2H2,1,3H3;2-6H,1H3/b;6-4-;. The number of hydrogen-bond donors (Lipinski definition) is 0. The quantitative estimate of drug-likeness (QED) is 0.180. The van der Waals surface area contributed by atoms with E-state index in [1.54, 1.807) is 6.08 Å². The van der Waals surface area contributed by atoms with E-state index in [-0.39, 0.29) is 5.41 Å². The van der Waals surface area contributed by atoms with Gasteiger partial charge in [-0.25, -0.2) is 0 Å². The molecule has 0 spiro atoms. The molecule has 0 radical (unpaired) electrons. The Morgan fingerprint density at radius 3 is 1.91 bits per heavy atom. The number of allylic oxidation sites excluding steroid dienone is 1. The van der Waals surface area contributed by atoms with Crippen molar-refractivity contribution in [1.82, 2.24) is 0 Å². The van der Waals surface area contributed by atoms with E-state index in [9.17, 15) is 0 Å². The third kappa shape index (κ3) is 6.88. The van der Waals surface area contributed by atoms with Crippen LogP contribution in [0.15, 0.2) is 151 Å². The molecule has 8 aromatic rings. The first-order chi connectivity index (χ1) is 25.6. The highest BCUT2D eigenvalue weighted by Gasteiger charge is 2.37. The van der Waals surface area contributed by atoms with Crippen LogP contribution in [0.25, 0.3) is 66.9 Å². The Bertz CT molecular complexity index is 2650. The van der Waals surface area contributed by atoms with Gasteiger partial charge in [0.2, 0.25) is 0 Å². The van der Waals surface area contributed by atoms with Gasteiger partial charge in [-0.2, -0.15) is 0 Å². The van der Waals surface area contributed by atoms with Crippen molar-refractivity contribution in [3.63, 3.8) is 0 Å². The monoisotopic (exact) mass is 688 g/mol. The Morgan fingerprint density at radius 1 is 0.547 bits per heavy atom. The minimum Gasteiger partial charge on any atom is -0.456 e. The Morgan fingerprint density at radius 2 is 1.19 bits per heavy atom. The van der Waals surface area contributed by atoms with Crippen molar-refractivity contribution in [3.05, 3.63) is 191 Å². The van der Waals surface area contributed by atoms with E-state index in [1.165, 1.54) is 77.2 Å². The predicted octanol–water partition coefficient (Wildman–Crippen LogP) is 15.0. The SMILES string of the molecule is C=Cc1oc2ccc(C)cc2c1/C=C\C.Cc1ccc2c(c1)C(C)(C)c1cc(-c3ccc4cc(C)ccc4c3)c3ccccc3c1-2.Cc1ccccc1. The van der Waals surface area contributed by atoms with Crippen LogP contribution in [-0.4, -0.2) is 0 Å².